The quantitative estimate of drug-likeness (QED) is 0.753. The van der Waals surface area contributed by atoms with E-state index in [4.69, 9.17) is 0 Å². The van der Waals surface area contributed by atoms with Gasteiger partial charge in [0.15, 0.2) is 0 Å². The van der Waals surface area contributed by atoms with E-state index in [0.29, 0.717) is 5.92 Å². The van der Waals surface area contributed by atoms with Crippen LogP contribution in [0.15, 0.2) is 18.2 Å². The summed E-state index contributed by atoms with van der Waals surface area (Å²) >= 11 is 0. The predicted molar refractivity (Wildman–Crippen MR) is 70.8 cm³/mol. The minimum absolute atomic E-state index is 0.0667. The minimum atomic E-state index is -0.277. The van der Waals surface area contributed by atoms with Crippen LogP contribution in [0.2, 0.25) is 0 Å². The number of aromatic hydroxyl groups is 2. The Labute approximate surface area is 108 Å². The first-order valence-corrected chi connectivity index (χ1v) is 6.31. The number of hydrogen-bond donors (Lipinski definition) is 3. The summed E-state index contributed by atoms with van der Waals surface area (Å²) in [4.78, 5) is 12.0. The number of phenols is 2. The van der Waals surface area contributed by atoms with Crippen molar-refractivity contribution in [3.8, 4) is 11.5 Å². The van der Waals surface area contributed by atoms with Gasteiger partial charge >= 0.3 is 0 Å². The number of carbonyl (C=O) groups excluding carboxylic acids is 1. The van der Waals surface area contributed by atoms with Crippen LogP contribution >= 0.6 is 0 Å². The third-order valence-electron chi connectivity index (χ3n) is 3.28. The number of hydrogen-bond acceptors (Lipinski definition) is 3. The van der Waals surface area contributed by atoms with E-state index in [1.165, 1.54) is 18.2 Å². The van der Waals surface area contributed by atoms with Crippen LogP contribution in [0.25, 0.3) is 0 Å². The highest BCUT2D eigenvalue weighted by Crippen LogP contribution is 2.21. The van der Waals surface area contributed by atoms with Gasteiger partial charge < -0.3 is 15.5 Å². The average molecular weight is 251 g/mol. The normalized spacial score (nSPS) is 12.4. The lowest BCUT2D eigenvalue weighted by Gasteiger charge is -2.22. The number of benzene rings is 1. The van der Waals surface area contributed by atoms with E-state index in [9.17, 15) is 15.0 Å². The molecule has 0 spiro atoms. The van der Waals surface area contributed by atoms with Gasteiger partial charge in [0.25, 0.3) is 5.91 Å². The Morgan fingerprint density at radius 1 is 1.17 bits per heavy atom. The second-order valence-corrected chi connectivity index (χ2v) is 4.58. The zero-order valence-corrected chi connectivity index (χ0v) is 11.1. The molecule has 0 fully saturated rings. The minimum Gasteiger partial charge on any atom is -0.508 e. The fourth-order valence-corrected chi connectivity index (χ4v) is 2.13. The molecule has 0 radical (unpaired) electrons. The number of carbonyl (C=O) groups is 1. The average Bonchev–Trinajstić information content (AvgIpc) is 2.29. The monoisotopic (exact) mass is 251 g/mol. The van der Waals surface area contributed by atoms with Gasteiger partial charge in [0.05, 0.1) is 0 Å². The summed E-state index contributed by atoms with van der Waals surface area (Å²) in [6.45, 7) is 6.16. The SMILES string of the molecule is CCC(CC)C(C)NC(=O)c1cc(O)cc(O)c1. The van der Waals surface area contributed by atoms with Crippen molar-refractivity contribution in [3.63, 3.8) is 0 Å². The molecule has 100 valence electrons. The highest BCUT2D eigenvalue weighted by atomic mass is 16.3. The highest BCUT2D eigenvalue weighted by molar-refractivity contribution is 5.95. The molecule has 0 aliphatic heterocycles. The lowest BCUT2D eigenvalue weighted by Crippen LogP contribution is -2.37. The summed E-state index contributed by atoms with van der Waals surface area (Å²) in [7, 11) is 0. The molecule has 3 N–H and O–H groups in total. The van der Waals surface area contributed by atoms with Crippen LogP contribution in [0.3, 0.4) is 0 Å². The lowest BCUT2D eigenvalue weighted by molar-refractivity contribution is 0.0924. The molecule has 0 aliphatic rings. The van der Waals surface area contributed by atoms with Gasteiger partial charge in [0, 0.05) is 17.7 Å². The molecule has 1 aromatic rings. The van der Waals surface area contributed by atoms with Gasteiger partial charge in [0.1, 0.15) is 11.5 Å². The summed E-state index contributed by atoms with van der Waals surface area (Å²) in [5.74, 6) is -0.0777. The first-order chi connectivity index (χ1) is 8.47. The maximum Gasteiger partial charge on any atom is 0.251 e. The Balaban J connectivity index is 2.76. The molecular weight excluding hydrogens is 230 g/mol. The maximum absolute atomic E-state index is 12.0. The standard InChI is InChI=1S/C14H21NO3/c1-4-10(5-2)9(3)15-14(18)11-6-12(16)8-13(17)7-11/h6-10,16-17H,4-5H2,1-3H3,(H,15,18). The molecule has 1 amide bonds. The Morgan fingerprint density at radius 2 is 1.67 bits per heavy atom. The fraction of sp³-hybridized carbons (Fsp3) is 0.500. The van der Waals surface area contributed by atoms with Crippen LogP contribution in [0.4, 0.5) is 0 Å². The van der Waals surface area contributed by atoms with E-state index in [2.05, 4.69) is 19.2 Å². The second kappa shape index (κ2) is 6.28. The van der Waals surface area contributed by atoms with Crippen LogP contribution in [0.1, 0.15) is 44.0 Å². The maximum atomic E-state index is 12.0. The fourth-order valence-electron chi connectivity index (χ4n) is 2.13. The number of nitrogens with one attached hydrogen (secondary N) is 1. The molecule has 1 atom stereocenters. The zero-order chi connectivity index (χ0) is 13.7. The van der Waals surface area contributed by atoms with E-state index in [0.717, 1.165) is 12.8 Å². The largest absolute Gasteiger partial charge is 0.508 e. The number of amides is 1. The van der Waals surface area contributed by atoms with Crippen molar-refractivity contribution in [2.24, 2.45) is 5.92 Å². The van der Waals surface area contributed by atoms with Gasteiger partial charge in [-0.05, 0) is 25.0 Å². The summed E-state index contributed by atoms with van der Waals surface area (Å²) in [6.07, 6.45) is 2.01. The molecule has 1 unspecified atom stereocenters. The molecule has 4 heteroatoms. The van der Waals surface area contributed by atoms with Crippen molar-refractivity contribution in [2.75, 3.05) is 0 Å². The van der Waals surface area contributed by atoms with Crippen molar-refractivity contribution in [1.82, 2.24) is 5.32 Å². The highest BCUT2D eigenvalue weighted by Gasteiger charge is 2.17. The Hall–Kier alpha value is -1.71. The van der Waals surface area contributed by atoms with Crippen molar-refractivity contribution in [2.45, 2.75) is 39.7 Å². The number of rotatable bonds is 5. The van der Waals surface area contributed by atoms with Gasteiger partial charge in [-0.15, -0.1) is 0 Å². The van der Waals surface area contributed by atoms with Gasteiger partial charge in [-0.25, -0.2) is 0 Å². The smallest absolute Gasteiger partial charge is 0.251 e. The molecule has 0 saturated heterocycles. The van der Waals surface area contributed by atoms with E-state index in [1.807, 2.05) is 6.92 Å². The third-order valence-corrected chi connectivity index (χ3v) is 3.28. The molecule has 0 heterocycles. The van der Waals surface area contributed by atoms with Crippen LogP contribution in [0.5, 0.6) is 11.5 Å². The first kappa shape index (κ1) is 14.4. The van der Waals surface area contributed by atoms with Gasteiger partial charge in [-0.3, -0.25) is 4.79 Å². The Morgan fingerprint density at radius 3 is 2.11 bits per heavy atom. The second-order valence-electron chi connectivity index (χ2n) is 4.58. The van der Waals surface area contributed by atoms with Crippen LogP contribution in [-0.2, 0) is 0 Å². The molecule has 0 aromatic heterocycles. The van der Waals surface area contributed by atoms with Crippen LogP contribution in [-0.4, -0.2) is 22.2 Å². The van der Waals surface area contributed by atoms with Crippen molar-refractivity contribution in [1.29, 1.82) is 0 Å². The van der Waals surface area contributed by atoms with Crippen LogP contribution < -0.4 is 5.32 Å². The van der Waals surface area contributed by atoms with Gasteiger partial charge in [0.2, 0.25) is 0 Å². The van der Waals surface area contributed by atoms with Crippen LogP contribution in [0, 0.1) is 5.92 Å². The summed E-state index contributed by atoms with van der Waals surface area (Å²) in [5.41, 5.74) is 0.269. The molecule has 18 heavy (non-hydrogen) atoms. The molecular formula is C14H21NO3. The third kappa shape index (κ3) is 3.65. The van der Waals surface area contributed by atoms with Crippen molar-refractivity contribution >= 4 is 5.91 Å². The van der Waals surface area contributed by atoms with Gasteiger partial charge in [-0.1, -0.05) is 26.7 Å². The molecule has 0 aliphatic carbocycles. The van der Waals surface area contributed by atoms with E-state index in [1.54, 1.807) is 0 Å². The summed E-state index contributed by atoms with van der Waals surface area (Å²) < 4.78 is 0. The molecule has 1 aromatic carbocycles. The molecule has 0 saturated carbocycles. The van der Waals surface area contributed by atoms with E-state index < -0.39 is 0 Å². The molecule has 4 nitrogen and oxygen atoms in total. The predicted octanol–water partition coefficient (Wildman–Crippen LogP) is 2.65. The van der Waals surface area contributed by atoms with Gasteiger partial charge in [-0.2, -0.15) is 0 Å². The van der Waals surface area contributed by atoms with E-state index >= 15 is 0 Å². The van der Waals surface area contributed by atoms with Crippen molar-refractivity contribution < 1.29 is 15.0 Å². The Bertz CT molecular complexity index is 393. The van der Waals surface area contributed by atoms with Crippen molar-refractivity contribution in [3.05, 3.63) is 23.8 Å². The number of phenolic OH excluding ortho intramolecular Hbond substituents is 2. The lowest BCUT2D eigenvalue weighted by atomic mass is 9.95. The molecule has 0 bridgehead atoms. The molecule has 1 rings (SSSR count). The summed E-state index contributed by atoms with van der Waals surface area (Å²) in [6, 6.07) is 3.95. The van der Waals surface area contributed by atoms with E-state index in [-0.39, 0.29) is 29.0 Å². The topological polar surface area (TPSA) is 69.6 Å². The zero-order valence-electron chi connectivity index (χ0n) is 11.1. The Kier molecular flexibility index (Phi) is 5.01. The summed E-state index contributed by atoms with van der Waals surface area (Å²) in [5, 5.41) is 21.6. The first-order valence-electron chi connectivity index (χ1n) is 6.31.